The molecule has 3 N–H and O–H groups in total. The van der Waals surface area contributed by atoms with Gasteiger partial charge in [-0.2, -0.15) is 0 Å². The fourth-order valence-electron chi connectivity index (χ4n) is 1.95. The molecule has 0 bridgehead atoms. The van der Waals surface area contributed by atoms with Gasteiger partial charge < -0.3 is 10.1 Å². The molecule has 0 aliphatic carbocycles. The third-order valence-electron chi connectivity index (χ3n) is 3.01. The fraction of sp³-hybridized carbons (Fsp3) is 0.125. The molecule has 0 radical (unpaired) electrons. The Morgan fingerprint density at radius 3 is 2.36 bits per heavy atom. The molecular formula is C16H17N3O3. The molecule has 0 aromatic heterocycles. The number of amides is 3. The van der Waals surface area contributed by atoms with Crippen molar-refractivity contribution in [3.63, 3.8) is 0 Å². The van der Waals surface area contributed by atoms with Crippen molar-refractivity contribution in [2.75, 3.05) is 7.11 Å². The monoisotopic (exact) mass is 299 g/mol. The summed E-state index contributed by atoms with van der Waals surface area (Å²) in [6.45, 7) is 0.333. The van der Waals surface area contributed by atoms with Crippen LogP contribution < -0.4 is 16.2 Å². The summed E-state index contributed by atoms with van der Waals surface area (Å²) in [7, 11) is 1.21. The normalized spacial score (nSPS) is 9.68. The summed E-state index contributed by atoms with van der Waals surface area (Å²) < 4.78 is 4.35. The van der Waals surface area contributed by atoms with Crippen LogP contribution in [-0.4, -0.2) is 19.2 Å². The number of hydrazine groups is 1. The van der Waals surface area contributed by atoms with E-state index < -0.39 is 12.1 Å². The van der Waals surface area contributed by atoms with E-state index in [4.69, 9.17) is 0 Å². The lowest BCUT2D eigenvalue weighted by molar-refractivity contribution is 0.165. The number of carbonyl (C=O) groups is 2. The van der Waals surface area contributed by atoms with Crippen molar-refractivity contribution in [1.29, 1.82) is 0 Å². The van der Waals surface area contributed by atoms with Crippen LogP contribution in [0.4, 0.5) is 9.59 Å². The summed E-state index contributed by atoms with van der Waals surface area (Å²) in [5.74, 6) is 0. The molecule has 2 rings (SSSR count). The second kappa shape index (κ2) is 7.68. The second-order valence-corrected chi connectivity index (χ2v) is 4.45. The molecule has 114 valence electrons. The zero-order valence-corrected chi connectivity index (χ0v) is 12.1. The Labute approximate surface area is 128 Å². The topological polar surface area (TPSA) is 79.5 Å². The summed E-state index contributed by atoms with van der Waals surface area (Å²) in [6.07, 6.45) is -0.736. The maximum atomic E-state index is 11.6. The van der Waals surface area contributed by atoms with Crippen LogP contribution in [0.2, 0.25) is 0 Å². The van der Waals surface area contributed by atoms with Gasteiger partial charge in [-0.05, 0) is 16.7 Å². The quantitative estimate of drug-likeness (QED) is 0.762. The maximum absolute atomic E-state index is 11.6. The highest BCUT2D eigenvalue weighted by Gasteiger charge is 2.07. The van der Waals surface area contributed by atoms with Crippen LogP contribution in [0.25, 0.3) is 11.1 Å². The van der Waals surface area contributed by atoms with E-state index in [2.05, 4.69) is 20.9 Å². The number of rotatable bonds is 3. The average molecular weight is 299 g/mol. The van der Waals surface area contributed by atoms with Gasteiger partial charge in [0.2, 0.25) is 0 Å². The average Bonchev–Trinajstić information content (AvgIpc) is 2.58. The van der Waals surface area contributed by atoms with Gasteiger partial charge in [-0.1, -0.05) is 54.6 Å². The molecule has 0 unspecified atom stereocenters. The molecule has 0 saturated heterocycles. The number of ether oxygens (including phenoxy) is 1. The Morgan fingerprint density at radius 1 is 0.955 bits per heavy atom. The zero-order valence-electron chi connectivity index (χ0n) is 12.1. The number of nitrogens with one attached hydrogen (secondary N) is 3. The van der Waals surface area contributed by atoms with Crippen molar-refractivity contribution in [1.82, 2.24) is 16.2 Å². The molecule has 0 spiro atoms. The van der Waals surface area contributed by atoms with Crippen LogP contribution in [0.15, 0.2) is 54.6 Å². The SMILES string of the molecule is COC(=O)NNC(=O)NCc1ccccc1-c1ccccc1. The molecule has 0 aliphatic rings. The Morgan fingerprint density at radius 2 is 1.64 bits per heavy atom. The largest absolute Gasteiger partial charge is 0.452 e. The molecule has 6 heteroatoms. The van der Waals surface area contributed by atoms with Crippen LogP contribution in [0.3, 0.4) is 0 Å². The van der Waals surface area contributed by atoms with Gasteiger partial charge in [0.25, 0.3) is 0 Å². The molecule has 0 atom stereocenters. The molecule has 0 fully saturated rings. The van der Waals surface area contributed by atoms with Crippen LogP contribution in [0, 0.1) is 0 Å². The minimum atomic E-state index is -0.736. The maximum Gasteiger partial charge on any atom is 0.425 e. The lowest BCUT2D eigenvalue weighted by Crippen LogP contribution is -2.46. The van der Waals surface area contributed by atoms with E-state index in [-0.39, 0.29) is 0 Å². The van der Waals surface area contributed by atoms with Gasteiger partial charge in [-0.3, -0.25) is 0 Å². The Bertz CT molecular complexity index is 644. The number of urea groups is 1. The van der Waals surface area contributed by atoms with E-state index in [0.29, 0.717) is 6.54 Å². The molecule has 22 heavy (non-hydrogen) atoms. The van der Waals surface area contributed by atoms with E-state index in [0.717, 1.165) is 16.7 Å². The predicted octanol–water partition coefficient (Wildman–Crippen LogP) is 2.42. The minimum absolute atomic E-state index is 0.333. The highest BCUT2D eigenvalue weighted by Crippen LogP contribution is 2.23. The van der Waals surface area contributed by atoms with Crippen molar-refractivity contribution in [3.05, 3.63) is 60.2 Å². The second-order valence-electron chi connectivity index (χ2n) is 4.45. The molecular weight excluding hydrogens is 282 g/mol. The van der Waals surface area contributed by atoms with Crippen molar-refractivity contribution in [3.8, 4) is 11.1 Å². The number of hydrogen-bond acceptors (Lipinski definition) is 3. The highest BCUT2D eigenvalue weighted by molar-refractivity contribution is 5.78. The van der Waals surface area contributed by atoms with E-state index in [1.165, 1.54) is 7.11 Å². The number of benzene rings is 2. The predicted molar refractivity (Wildman–Crippen MR) is 82.8 cm³/mol. The summed E-state index contributed by atoms with van der Waals surface area (Å²) in [6, 6.07) is 17.2. The third-order valence-corrected chi connectivity index (χ3v) is 3.01. The molecule has 2 aromatic carbocycles. The van der Waals surface area contributed by atoms with Gasteiger partial charge in [-0.25, -0.2) is 20.4 Å². The molecule has 0 heterocycles. The van der Waals surface area contributed by atoms with E-state index in [9.17, 15) is 9.59 Å². The van der Waals surface area contributed by atoms with Crippen LogP contribution in [0.1, 0.15) is 5.56 Å². The zero-order chi connectivity index (χ0) is 15.8. The van der Waals surface area contributed by atoms with E-state index >= 15 is 0 Å². The van der Waals surface area contributed by atoms with Crippen molar-refractivity contribution in [2.45, 2.75) is 6.54 Å². The van der Waals surface area contributed by atoms with E-state index in [1.807, 2.05) is 54.6 Å². The first kappa shape index (κ1) is 15.4. The summed E-state index contributed by atoms with van der Waals surface area (Å²) in [4.78, 5) is 22.4. The standard InChI is InChI=1S/C16H17N3O3/c1-22-16(21)19-18-15(20)17-11-13-9-5-6-10-14(13)12-7-3-2-4-8-12/h2-10H,11H2,1H3,(H,19,21)(H2,17,18,20). The number of hydrogen-bond donors (Lipinski definition) is 3. The van der Waals surface area contributed by atoms with Crippen LogP contribution in [-0.2, 0) is 11.3 Å². The van der Waals surface area contributed by atoms with Crippen LogP contribution in [0.5, 0.6) is 0 Å². The van der Waals surface area contributed by atoms with E-state index in [1.54, 1.807) is 0 Å². The summed E-state index contributed by atoms with van der Waals surface area (Å²) >= 11 is 0. The third kappa shape index (κ3) is 4.24. The highest BCUT2D eigenvalue weighted by atomic mass is 16.5. The molecule has 3 amide bonds. The summed E-state index contributed by atoms with van der Waals surface area (Å²) in [5.41, 5.74) is 7.38. The van der Waals surface area contributed by atoms with Crippen LogP contribution >= 0.6 is 0 Å². The van der Waals surface area contributed by atoms with Gasteiger partial charge in [-0.15, -0.1) is 0 Å². The first-order chi connectivity index (χ1) is 10.7. The van der Waals surface area contributed by atoms with Gasteiger partial charge in [0.1, 0.15) is 0 Å². The van der Waals surface area contributed by atoms with Crippen molar-refractivity contribution < 1.29 is 14.3 Å². The van der Waals surface area contributed by atoms with Gasteiger partial charge in [0, 0.05) is 6.54 Å². The molecule has 6 nitrogen and oxygen atoms in total. The smallest absolute Gasteiger partial charge is 0.425 e. The Kier molecular flexibility index (Phi) is 5.37. The first-order valence-corrected chi connectivity index (χ1v) is 6.72. The Balaban J connectivity index is 1.99. The molecule has 0 aliphatic heterocycles. The first-order valence-electron chi connectivity index (χ1n) is 6.72. The van der Waals surface area contributed by atoms with Crippen molar-refractivity contribution in [2.24, 2.45) is 0 Å². The molecule has 0 saturated carbocycles. The Hall–Kier alpha value is -3.02. The minimum Gasteiger partial charge on any atom is -0.452 e. The lowest BCUT2D eigenvalue weighted by Gasteiger charge is -2.12. The van der Waals surface area contributed by atoms with Gasteiger partial charge in [0.15, 0.2) is 0 Å². The van der Waals surface area contributed by atoms with Gasteiger partial charge >= 0.3 is 12.1 Å². The fourth-order valence-corrected chi connectivity index (χ4v) is 1.95. The lowest BCUT2D eigenvalue weighted by atomic mass is 10.00. The number of methoxy groups -OCH3 is 1. The summed E-state index contributed by atoms with van der Waals surface area (Å²) in [5, 5.41) is 2.67. The molecule has 2 aromatic rings. The number of carbonyl (C=O) groups excluding carboxylic acids is 2. The van der Waals surface area contributed by atoms with Gasteiger partial charge in [0.05, 0.1) is 7.11 Å². The van der Waals surface area contributed by atoms with Crippen molar-refractivity contribution >= 4 is 12.1 Å².